The highest BCUT2D eigenvalue weighted by Crippen LogP contribution is 2.21. The minimum Gasteiger partial charge on any atom is -0.472 e. The molecule has 5 nitrogen and oxygen atoms in total. The average Bonchev–Trinajstić information content (AvgIpc) is 2.81. The second-order valence-corrected chi connectivity index (χ2v) is 3.31. The van der Waals surface area contributed by atoms with Crippen molar-refractivity contribution in [1.82, 2.24) is 4.98 Å². The van der Waals surface area contributed by atoms with E-state index in [1.807, 2.05) is 0 Å². The predicted molar refractivity (Wildman–Crippen MR) is 60.1 cm³/mol. The number of hydrogen-bond acceptors (Lipinski definition) is 4. The monoisotopic (exact) mass is 217 g/mol. The molecule has 0 spiro atoms. The lowest BCUT2D eigenvalue weighted by molar-refractivity contribution is 0.0992. The first-order chi connectivity index (χ1) is 7.70. The first-order valence-corrected chi connectivity index (χ1v) is 4.70. The van der Waals surface area contributed by atoms with Crippen molar-refractivity contribution in [3.8, 4) is 0 Å². The molecule has 2 aromatic heterocycles. The molecule has 2 heterocycles. The fourth-order valence-corrected chi connectivity index (χ4v) is 1.39. The summed E-state index contributed by atoms with van der Waals surface area (Å²) in [6.45, 7) is 0. The largest absolute Gasteiger partial charge is 0.472 e. The first kappa shape index (κ1) is 10.2. The summed E-state index contributed by atoms with van der Waals surface area (Å²) >= 11 is 0. The average molecular weight is 217 g/mol. The number of carbonyl (C=O) groups is 1. The van der Waals surface area contributed by atoms with Crippen LogP contribution in [-0.2, 0) is 0 Å². The normalized spacial score (nSPS) is 10.1. The molecule has 0 atom stereocenters. The van der Waals surface area contributed by atoms with Gasteiger partial charge in [-0.05, 0) is 12.1 Å². The van der Waals surface area contributed by atoms with Crippen molar-refractivity contribution in [2.75, 3.05) is 17.7 Å². The smallest absolute Gasteiger partial charge is 0.261 e. The van der Waals surface area contributed by atoms with Crippen molar-refractivity contribution in [3.05, 3.63) is 42.6 Å². The van der Waals surface area contributed by atoms with E-state index in [1.54, 1.807) is 25.4 Å². The van der Waals surface area contributed by atoms with Crippen LogP contribution in [0.5, 0.6) is 0 Å². The number of nitrogens with zero attached hydrogens (tertiary/aromatic N) is 2. The van der Waals surface area contributed by atoms with Gasteiger partial charge in [0.05, 0.1) is 29.4 Å². The summed E-state index contributed by atoms with van der Waals surface area (Å²) in [4.78, 5) is 17.3. The van der Waals surface area contributed by atoms with E-state index in [2.05, 4.69) is 4.98 Å². The topological polar surface area (TPSA) is 72.4 Å². The molecule has 16 heavy (non-hydrogen) atoms. The highest BCUT2D eigenvalue weighted by atomic mass is 16.3. The van der Waals surface area contributed by atoms with Gasteiger partial charge in [-0.3, -0.25) is 9.78 Å². The van der Waals surface area contributed by atoms with Gasteiger partial charge in [-0.2, -0.15) is 0 Å². The molecule has 82 valence electrons. The zero-order valence-corrected chi connectivity index (χ0v) is 8.75. The second-order valence-electron chi connectivity index (χ2n) is 3.31. The van der Waals surface area contributed by atoms with E-state index < -0.39 is 0 Å². The zero-order valence-electron chi connectivity index (χ0n) is 8.75. The maximum atomic E-state index is 11.9. The molecule has 0 saturated carbocycles. The van der Waals surface area contributed by atoms with Gasteiger partial charge in [0.25, 0.3) is 5.91 Å². The molecule has 0 saturated heterocycles. The number of aromatic nitrogens is 1. The molecule has 0 aliphatic carbocycles. The number of carbonyl (C=O) groups excluding carboxylic acids is 1. The third kappa shape index (κ3) is 1.75. The van der Waals surface area contributed by atoms with Crippen LogP contribution in [-0.4, -0.2) is 17.9 Å². The van der Waals surface area contributed by atoms with Gasteiger partial charge in [-0.15, -0.1) is 0 Å². The summed E-state index contributed by atoms with van der Waals surface area (Å²) in [7, 11) is 1.65. The molecular formula is C11H11N3O2. The Hall–Kier alpha value is -2.30. The van der Waals surface area contributed by atoms with E-state index in [0.717, 1.165) is 0 Å². The van der Waals surface area contributed by atoms with Crippen LogP contribution in [0.3, 0.4) is 0 Å². The molecule has 5 heteroatoms. The van der Waals surface area contributed by atoms with Crippen LogP contribution in [0.1, 0.15) is 10.4 Å². The number of pyridine rings is 1. The summed E-state index contributed by atoms with van der Waals surface area (Å²) in [5, 5.41) is 0. The third-order valence-electron chi connectivity index (χ3n) is 2.26. The Morgan fingerprint density at radius 2 is 2.31 bits per heavy atom. The number of hydrogen-bond donors (Lipinski definition) is 1. The lowest BCUT2D eigenvalue weighted by Gasteiger charge is -2.17. The summed E-state index contributed by atoms with van der Waals surface area (Å²) < 4.78 is 4.86. The van der Waals surface area contributed by atoms with E-state index >= 15 is 0 Å². The molecular weight excluding hydrogens is 206 g/mol. The molecule has 0 bridgehead atoms. The van der Waals surface area contributed by atoms with Gasteiger partial charge >= 0.3 is 0 Å². The maximum Gasteiger partial charge on any atom is 0.261 e. The Labute approximate surface area is 92.5 Å². The van der Waals surface area contributed by atoms with Crippen LogP contribution in [0.15, 0.2) is 41.5 Å². The van der Waals surface area contributed by atoms with E-state index in [-0.39, 0.29) is 5.91 Å². The summed E-state index contributed by atoms with van der Waals surface area (Å²) in [5.41, 5.74) is 7.30. The SMILES string of the molecule is CN(C(=O)c1ccoc1)c1ccncc1N. The fourth-order valence-electron chi connectivity index (χ4n) is 1.39. The number of amides is 1. The van der Waals surface area contributed by atoms with Crippen LogP contribution in [0.4, 0.5) is 11.4 Å². The lowest BCUT2D eigenvalue weighted by Crippen LogP contribution is -2.26. The zero-order chi connectivity index (χ0) is 11.5. The Balaban J connectivity index is 2.30. The van der Waals surface area contributed by atoms with Crippen molar-refractivity contribution in [3.63, 3.8) is 0 Å². The van der Waals surface area contributed by atoms with Crippen molar-refractivity contribution in [1.29, 1.82) is 0 Å². The molecule has 2 N–H and O–H groups in total. The highest BCUT2D eigenvalue weighted by molar-refractivity contribution is 6.06. The van der Waals surface area contributed by atoms with E-state index in [0.29, 0.717) is 16.9 Å². The van der Waals surface area contributed by atoms with Crippen LogP contribution in [0.2, 0.25) is 0 Å². The molecule has 2 aromatic rings. The van der Waals surface area contributed by atoms with Crippen molar-refractivity contribution in [2.24, 2.45) is 0 Å². The van der Waals surface area contributed by atoms with Crippen LogP contribution >= 0.6 is 0 Å². The van der Waals surface area contributed by atoms with Gasteiger partial charge in [0, 0.05) is 13.2 Å². The Kier molecular flexibility index (Phi) is 2.59. The van der Waals surface area contributed by atoms with E-state index in [4.69, 9.17) is 10.2 Å². The molecule has 0 fully saturated rings. The molecule has 0 aliphatic rings. The number of furan rings is 1. The van der Waals surface area contributed by atoms with E-state index in [1.165, 1.54) is 23.6 Å². The molecule has 0 aromatic carbocycles. The molecule has 0 unspecified atom stereocenters. The number of nitrogen functional groups attached to an aromatic ring is 1. The van der Waals surface area contributed by atoms with Gasteiger partial charge in [-0.1, -0.05) is 0 Å². The quantitative estimate of drug-likeness (QED) is 0.828. The van der Waals surface area contributed by atoms with Crippen LogP contribution < -0.4 is 10.6 Å². The Morgan fingerprint density at radius 3 is 2.94 bits per heavy atom. The third-order valence-corrected chi connectivity index (χ3v) is 2.26. The maximum absolute atomic E-state index is 11.9. The summed E-state index contributed by atoms with van der Waals surface area (Å²) in [6, 6.07) is 3.30. The van der Waals surface area contributed by atoms with Gasteiger partial charge in [0.2, 0.25) is 0 Å². The second kappa shape index (κ2) is 4.06. The minimum atomic E-state index is -0.174. The minimum absolute atomic E-state index is 0.174. The van der Waals surface area contributed by atoms with Gasteiger partial charge in [0.1, 0.15) is 6.26 Å². The van der Waals surface area contributed by atoms with Gasteiger partial charge in [0.15, 0.2) is 0 Å². The van der Waals surface area contributed by atoms with Gasteiger partial charge < -0.3 is 15.1 Å². The molecule has 0 radical (unpaired) electrons. The van der Waals surface area contributed by atoms with Crippen molar-refractivity contribution in [2.45, 2.75) is 0 Å². The Bertz CT molecular complexity index is 494. The lowest BCUT2D eigenvalue weighted by atomic mass is 10.2. The first-order valence-electron chi connectivity index (χ1n) is 4.70. The van der Waals surface area contributed by atoms with Crippen LogP contribution in [0.25, 0.3) is 0 Å². The van der Waals surface area contributed by atoms with Crippen molar-refractivity contribution < 1.29 is 9.21 Å². The molecule has 0 aliphatic heterocycles. The predicted octanol–water partition coefficient (Wildman–Crippen LogP) is 1.53. The Morgan fingerprint density at radius 1 is 1.50 bits per heavy atom. The summed E-state index contributed by atoms with van der Waals surface area (Å²) in [6.07, 6.45) is 5.95. The van der Waals surface area contributed by atoms with Crippen LogP contribution in [0, 0.1) is 0 Å². The summed E-state index contributed by atoms with van der Waals surface area (Å²) in [5.74, 6) is -0.174. The van der Waals surface area contributed by atoms with Crippen molar-refractivity contribution >= 4 is 17.3 Å². The highest BCUT2D eigenvalue weighted by Gasteiger charge is 2.16. The van der Waals surface area contributed by atoms with Gasteiger partial charge in [-0.25, -0.2) is 0 Å². The number of nitrogens with two attached hydrogens (primary N) is 1. The number of rotatable bonds is 2. The van der Waals surface area contributed by atoms with E-state index in [9.17, 15) is 4.79 Å². The fraction of sp³-hybridized carbons (Fsp3) is 0.0909. The molecule has 2 rings (SSSR count). The number of anilines is 2. The molecule has 1 amide bonds. The standard InChI is InChI=1S/C11H11N3O2/c1-14(10-2-4-13-6-9(10)12)11(15)8-3-5-16-7-8/h2-7H,12H2,1H3.